The van der Waals surface area contributed by atoms with Gasteiger partial charge < -0.3 is 14.0 Å². The highest BCUT2D eigenvalue weighted by atomic mass is 16.5. The fourth-order valence-electron chi connectivity index (χ4n) is 3.37. The van der Waals surface area contributed by atoms with Crippen molar-refractivity contribution in [2.45, 2.75) is 13.5 Å². The Kier molecular flexibility index (Phi) is 6.46. The summed E-state index contributed by atoms with van der Waals surface area (Å²) in [6.07, 6.45) is 8.70. The number of aromatic nitrogens is 2. The molecule has 1 heterocycles. The van der Waals surface area contributed by atoms with Crippen molar-refractivity contribution in [3.8, 4) is 17.2 Å². The average molecular weight is 425 g/mol. The van der Waals surface area contributed by atoms with Crippen LogP contribution in [-0.4, -0.2) is 22.4 Å². The minimum Gasteiger partial charge on any atom is -0.496 e. The molecule has 0 atom stereocenters. The second kappa shape index (κ2) is 9.79. The third kappa shape index (κ3) is 4.95. The molecule has 1 aromatic heterocycles. The summed E-state index contributed by atoms with van der Waals surface area (Å²) in [5.41, 5.74) is 4.47. The molecule has 0 spiro atoms. The molecule has 0 aliphatic rings. The second-order valence-corrected chi connectivity index (χ2v) is 7.34. The van der Waals surface area contributed by atoms with Gasteiger partial charge in [-0.1, -0.05) is 30.3 Å². The van der Waals surface area contributed by atoms with Crippen molar-refractivity contribution in [3.63, 3.8) is 0 Å². The van der Waals surface area contributed by atoms with Crippen molar-refractivity contribution in [2.24, 2.45) is 0 Å². The first-order chi connectivity index (χ1) is 15.6. The molecule has 5 nitrogen and oxygen atoms in total. The molecule has 0 saturated carbocycles. The number of carbonyl (C=O) groups excluding carboxylic acids is 1. The van der Waals surface area contributed by atoms with Gasteiger partial charge in [0.05, 0.1) is 13.4 Å². The number of ketones is 1. The molecule has 5 heteroatoms. The van der Waals surface area contributed by atoms with Crippen molar-refractivity contribution in [3.05, 3.63) is 114 Å². The van der Waals surface area contributed by atoms with Crippen LogP contribution in [0.4, 0.5) is 0 Å². The summed E-state index contributed by atoms with van der Waals surface area (Å²) in [5.74, 6) is 1.53. The monoisotopic (exact) mass is 424 g/mol. The molecular weight excluding hydrogens is 400 g/mol. The van der Waals surface area contributed by atoms with Crippen molar-refractivity contribution in [1.82, 2.24) is 9.55 Å². The van der Waals surface area contributed by atoms with Crippen LogP contribution in [0.15, 0.2) is 91.5 Å². The second-order valence-electron chi connectivity index (χ2n) is 7.34. The smallest absolute Gasteiger partial charge is 0.185 e. The summed E-state index contributed by atoms with van der Waals surface area (Å²) >= 11 is 0. The van der Waals surface area contributed by atoms with E-state index >= 15 is 0 Å². The van der Waals surface area contributed by atoms with Crippen molar-refractivity contribution >= 4 is 11.9 Å². The summed E-state index contributed by atoms with van der Waals surface area (Å²) < 4.78 is 13.3. The van der Waals surface area contributed by atoms with Crippen molar-refractivity contribution < 1.29 is 14.3 Å². The number of benzene rings is 3. The lowest BCUT2D eigenvalue weighted by atomic mass is 10.1. The van der Waals surface area contributed by atoms with Gasteiger partial charge in [0.1, 0.15) is 18.1 Å². The first kappa shape index (κ1) is 21.1. The largest absolute Gasteiger partial charge is 0.496 e. The van der Waals surface area contributed by atoms with Gasteiger partial charge in [0.25, 0.3) is 0 Å². The molecule has 4 rings (SSSR count). The summed E-state index contributed by atoms with van der Waals surface area (Å²) in [6.45, 7) is 2.39. The predicted molar refractivity (Wildman–Crippen MR) is 125 cm³/mol. The van der Waals surface area contributed by atoms with Gasteiger partial charge in [-0.2, -0.15) is 0 Å². The quantitative estimate of drug-likeness (QED) is 0.270. The van der Waals surface area contributed by atoms with E-state index < -0.39 is 0 Å². The van der Waals surface area contributed by atoms with E-state index in [0.29, 0.717) is 12.2 Å². The molecule has 0 N–H and O–H groups in total. The van der Waals surface area contributed by atoms with Crippen LogP contribution in [0.2, 0.25) is 0 Å². The molecule has 160 valence electrons. The Morgan fingerprint density at radius 1 is 1.03 bits per heavy atom. The van der Waals surface area contributed by atoms with Gasteiger partial charge in [-0.05, 0) is 66.6 Å². The maximum absolute atomic E-state index is 12.6. The topological polar surface area (TPSA) is 53.4 Å². The number of aryl methyl sites for hydroxylation is 1. The molecule has 0 aliphatic heterocycles. The van der Waals surface area contributed by atoms with E-state index in [-0.39, 0.29) is 5.78 Å². The van der Waals surface area contributed by atoms with E-state index in [4.69, 9.17) is 9.47 Å². The minimum atomic E-state index is -0.0595. The van der Waals surface area contributed by atoms with E-state index in [1.54, 1.807) is 25.7 Å². The summed E-state index contributed by atoms with van der Waals surface area (Å²) in [7, 11) is 1.64. The fourth-order valence-corrected chi connectivity index (χ4v) is 3.37. The normalized spacial score (nSPS) is 10.9. The van der Waals surface area contributed by atoms with Gasteiger partial charge >= 0.3 is 0 Å². The Morgan fingerprint density at radius 3 is 2.56 bits per heavy atom. The number of methoxy groups -OCH3 is 1. The molecule has 0 aliphatic carbocycles. The zero-order chi connectivity index (χ0) is 22.3. The highest BCUT2D eigenvalue weighted by molar-refractivity contribution is 6.06. The Labute approximate surface area is 187 Å². The van der Waals surface area contributed by atoms with Gasteiger partial charge in [-0.25, -0.2) is 4.98 Å². The van der Waals surface area contributed by atoms with Gasteiger partial charge in [-0.15, -0.1) is 0 Å². The molecule has 0 unspecified atom stereocenters. The van der Waals surface area contributed by atoms with E-state index in [9.17, 15) is 4.79 Å². The van der Waals surface area contributed by atoms with Crippen LogP contribution in [0.3, 0.4) is 0 Å². The average Bonchev–Trinajstić information content (AvgIpc) is 3.37. The Balaban J connectivity index is 1.46. The predicted octanol–water partition coefficient (Wildman–Crippen LogP) is 5.66. The molecule has 0 bridgehead atoms. The Morgan fingerprint density at radius 2 is 1.84 bits per heavy atom. The van der Waals surface area contributed by atoms with Crippen LogP contribution < -0.4 is 9.47 Å². The standard InChI is InChI=1S/C27H24N2O3/c1-20-5-3-4-6-26(20)32-18-23-17-21(8-14-27(23)31-2)7-13-25(30)22-9-11-24(12-10-22)29-16-15-28-19-29/h3-17,19H,18H2,1-2H3/b13-7+. The van der Waals surface area contributed by atoms with Gasteiger partial charge in [-0.3, -0.25) is 4.79 Å². The summed E-state index contributed by atoms with van der Waals surface area (Å²) in [4.78, 5) is 16.7. The number of hydrogen-bond donors (Lipinski definition) is 0. The number of imidazole rings is 1. The van der Waals surface area contributed by atoms with Gasteiger partial charge in [0.15, 0.2) is 5.78 Å². The van der Waals surface area contributed by atoms with Crippen LogP contribution >= 0.6 is 0 Å². The zero-order valence-electron chi connectivity index (χ0n) is 18.1. The van der Waals surface area contributed by atoms with Crippen molar-refractivity contribution in [2.75, 3.05) is 7.11 Å². The zero-order valence-corrected chi connectivity index (χ0v) is 18.1. The molecule has 0 amide bonds. The summed E-state index contributed by atoms with van der Waals surface area (Å²) in [6, 6.07) is 21.1. The van der Waals surface area contributed by atoms with Crippen LogP contribution in [-0.2, 0) is 6.61 Å². The molecule has 4 aromatic rings. The number of nitrogens with zero attached hydrogens (tertiary/aromatic N) is 2. The van der Waals surface area contributed by atoms with Crippen LogP contribution in [0.1, 0.15) is 27.0 Å². The number of rotatable bonds is 8. The lowest BCUT2D eigenvalue weighted by molar-refractivity contribution is 0.104. The highest BCUT2D eigenvalue weighted by Crippen LogP contribution is 2.24. The van der Waals surface area contributed by atoms with E-state index in [1.807, 2.05) is 90.5 Å². The first-order valence-corrected chi connectivity index (χ1v) is 10.3. The molecule has 32 heavy (non-hydrogen) atoms. The number of allylic oxidation sites excluding steroid dienone is 1. The highest BCUT2D eigenvalue weighted by Gasteiger charge is 2.07. The number of carbonyl (C=O) groups is 1. The van der Waals surface area contributed by atoms with Gasteiger partial charge in [0.2, 0.25) is 0 Å². The molecular formula is C27H24N2O3. The summed E-state index contributed by atoms with van der Waals surface area (Å²) in [5, 5.41) is 0. The van der Waals surface area contributed by atoms with E-state index in [2.05, 4.69) is 4.98 Å². The Bertz CT molecular complexity index is 1230. The fraction of sp³-hybridized carbons (Fsp3) is 0.111. The first-order valence-electron chi connectivity index (χ1n) is 10.3. The van der Waals surface area contributed by atoms with Gasteiger partial charge in [0, 0.05) is 29.2 Å². The minimum absolute atomic E-state index is 0.0595. The van der Waals surface area contributed by atoms with E-state index in [1.165, 1.54) is 0 Å². The third-order valence-electron chi connectivity index (χ3n) is 5.16. The SMILES string of the molecule is COc1ccc(/C=C/C(=O)c2ccc(-n3ccnc3)cc2)cc1COc1ccccc1C. The Hall–Kier alpha value is -4.12. The van der Waals surface area contributed by atoms with Crippen LogP contribution in [0.5, 0.6) is 11.5 Å². The number of para-hydroxylation sites is 1. The number of ether oxygens (including phenoxy) is 2. The molecule has 0 saturated heterocycles. The van der Waals surface area contributed by atoms with Crippen LogP contribution in [0.25, 0.3) is 11.8 Å². The molecule has 0 fully saturated rings. The maximum atomic E-state index is 12.6. The lowest BCUT2D eigenvalue weighted by Gasteiger charge is -2.12. The lowest BCUT2D eigenvalue weighted by Crippen LogP contribution is -2.00. The molecule has 3 aromatic carbocycles. The third-order valence-corrected chi connectivity index (χ3v) is 5.16. The van der Waals surface area contributed by atoms with E-state index in [0.717, 1.165) is 33.9 Å². The van der Waals surface area contributed by atoms with Crippen molar-refractivity contribution in [1.29, 1.82) is 0 Å². The maximum Gasteiger partial charge on any atom is 0.185 e. The number of hydrogen-bond acceptors (Lipinski definition) is 4. The molecule has 0 radical (unpaired) electrons. The van der Waals surface area contributed by atoms with Crippen LogP contribution in [0, 0.1) is 6.92 Å².